The van der Waals surface area contributed by atoms with Gasteiger partial charge in [-0.3, -0.25) is 4.79 Å². The lowest BCUT2D eigenvalue weighted by Crippen LogP contribution is -2.43. The van der Waals surface area contributed by atoms with Crippen molar-refractivity contribution in [3.05, 3.63) is 53.4 Å². The molecule has 1 aromatic carbocycles. The van der Waals surface area contributed by atoms with Crippen LogP contribution in [0.15, 0.2) is 30.5 Å². The van der Waals surface area contributed by atoms with Crippen molar-refractivity contribution in [2.45, 2.75) is 38.3 Å². The van der Waals surface area contributed by atoms with E-state index in [1.54, 1.807) is 24.0 Å². The number of nitrogens with zero attached hydrogens (tertiary/aromatic N) is 3. The Bertz CT molecular complexity index is 838. The summed E-state index contributed by atoms with van der Waals surface area (Å²) in [4.78, 5) is 23.8. The quantitative estimate of drug-likeness (QED) is 0.892. The average molecular weight is 370 g/mol. The molecule has 2 unspecified atom stereocenters. The Labute approximate surface area is 157 Å². The molecule has 1 aromatic heterocycles. The van der Waals surface area contributed by atoms with Crippen LogP contribution < -0.4 is 10.1 Å². The van der Waals surface area contributed by atoms with E-state index in [0.717, 1.165) is 36.6 Å². The zero-order valence-corrected chi connectivity index (χ0v) is 15.3. The number of carbonyl (C=O) groups excluding carboxylic acids is 1. The van der Waals surface area contributed by atoms with Gasteiger partial charge in [0.05, 0.1) is 5.69 Å². The zero-order valence-electron chi connectivity index (χ0n) is 15.3. The lowest BCUT2D eigenvalue weighted by molar-refractivity contribution is -0.138. The van der Waals surface area contributed by atoms with Gasteiger partial charge in [0, 0.05) is 49.8 Å². The minimum Gasteiger partial charge on any atom is -0.481 e. The van der Waals surface area contributed by atoms with Crippen molar-refractivity contribution in [1.29, 1.82) is 0 Å². The molecule has 1 amide bonds. The number of hydrogen-bond donors (Lipinski definition) is 1. The molecule has 2 atom stereocenters. The summed E-state index contributed by atoms with van der Waals surface area (Å²) in [5.41, 5.74) is 2.02. The molecule has 27 heavy (non-hydrogen) atoms. The smallest absolute Gasteiger partial charge is 0.263 e. The van der Waals surface area contributed by atoms with Gasteiger partial charge in [-0.25, -0.2) is 14.4 Å². The second-order valence-corrected chi connectivity index (χ2v) is 7.12. The molecule has 4 rings (SSSR count). The number of ether oxygens (including phenoxy) is 1. The second kappa shape index (κ2) is 7.60. The first-order chi connectivity index (χ1) is 13.1. The van der Waals surface area contributed by atoms with Crippen LogP contribution in [0.2, 0.25) is 0 Å². The maximum absolute atomic E-state index is 13.3. The van der Waals surface area contributed by atoms with Crippen LogP contribution in [0.1, 0.15) is 36.3 Å². The lowest BCUT2D eigenvalue weighted by Gasteiger charge is -2.30. The van der Waals surface area contributed by atoms with Crippen LogP contribution in [0.25, 0.3) is 0 Å². The third kappa shape index (κ3) is 3.93. The van der Waals surface area contributed by atoms with Gasteiger partial charge in [-0.2, -0.15) is 0 Å². The van der Waals surface area contributed by atoms with Crippen molar-refractivity contribution in [3.63, 3.8) is 0 Å². The topological polar surface area (TPSA) is 67.3 Å². The number of carbonyl (C=O) groups is 1. The molecular weight excluding hydrogens is 347 g/mol. The highest BCUT2D eigenvalue weighted by Crippen LogP contribution is 2.23. The molecule has 0 spiro atoms. The Morgan fingerprint density at radius 3 is 3.11 bits per heavy atom. The van der Waals surface area contributed by atoms with Crippen molar-refractivity contribution < 1.29 is 13.9 Å². The molecule has 1 fully saturated rings. The van der Waals surface area contributed by atoms with Gasteiger partial charge in [-0.05, 0) is 32.0 Å². The summed E-state index contributed by atoms with van der Waals surface area (Å²) < 4.78 is 18.9. The van der Waals surface area contributed by atoms with Gasteiger partial charge in [-0.1, -0.05) is 6.07 Å². The van der Waals surface area contributed by atoms with Crippen molar-refractivity contribution in [1.82, 2.24) is 20.2 Å². The number of hydrogen-bond acceptors (Lipinski definition) is 5. The van der Waals surface area contributed by atoms with Crippen molar-refractivity contribution in [2.24, 2.45) is 0 Å². The summed E-state index contributed by atoms with van der Waals surface area (Å²) in [5.74, 6) is 1.14. The van der Waals surface area contributed by atoms with E-state index in [0.29, 0.717) is 31.2 Å². The van der Waals surface area contributed by atoms with Crippen LogP contribution in [-0.2, 0) is 17.8 Å². The third-order valence-electron chi connectivity index (χ3n) is 5.15. The van der Waals surface area contributed by atoms with E-state index in [4.69, 9.17) is 9.72 Å². The molecule has 142 valence electrons. The maximum Gasteiger partial charge on any atom is 0.263 e. The Morgan fingerprint density at radius 1 is 1.44 bits per heavy atom. The number of halogens is 1. The predicted octanol–water partition coefficient (Wildman–Crippen LogP) is 2.04. The van der Waals surface area contributed by atoms with E-state index in [1.165, 1.54) is 12.1 Å². The Morgan fingerprint density at radius 2 is 2.33 bits per heavy atom. The first-order valence-corrected chi connectivity index (χ1v) is 9.36. The van der Waals surface area contributed by atoms with E-state index in [2.05, 4.69) is 10.3 Å². The van der Waals surface area contributed by atoms with Gasteiger partial charge >= 0.3 is 0 Å². The highest BCUT2D eigenvalue weighted by Gasteiger charge is 2.28. The fourth-order valence-electron chi connectivity index (χ4n) is 3.64. The van der Waals surface area contributed by atoms with Gasteiger partial charge in [0.2, 0.25) is 0 Å². The lowest BCUT2D eigenvalue weighted by atomic mass is 10.0. The Hall–Kier alpha value is -2.54. The molecule has 1 N–H and O–H groups in total. The minimum atomic E-state index is -0.682. The summed E-state index contributed by atoms with van der Waals surface area (Å²) in [5, 5.41) is 3.34. The molecule has 2 aliphatic heterocycles. The fraction of sp³-hybridized carbons (Fsp3) is 0.450. The summed E-state index contributed by atoms with van der Waals surface area (Å²) in [6, 6.07) is 5.83. The van der Waals surface area contributed by atoms with Crippen LogP contribution in [0, 0.1) is 5.82 Å². The molecule has 2 aromatic rings. The summed E-state index contributed by atoms with van der Waals surface area (Å²) in [7, 11) is 0. The summed E-state index contributed by atoms with van der Waals surface area (Å²) in [6.45, 7) is 4.71. The second-order valence-electron chi connectivity index (χ2n) is 7.12. The van der Waals surface area contributed by atoms with Crippen molar-refractivity contribution in [2.75, 3.05) is 19.6 Å². The molecule has 7 heteroatoms. The monoisotopic (exact) mass is 370 g/mol. The first-order valence-electron chi connectivity index (χ1n) is 9.36. The molecule has 6 nitrogen and oxygen atoms in total. The predicted molar refractivity (Wildman–Crippen MR) is 97.9 cm³/mol. The first kappa shape index (κ1) is 17.9. The summed E-state index contributed by atoms with van der Waals surface area (Å²) in [6.07, 6.45) is 2.95. The van der Waals surface area contributed by atoms with Gasteiger partial charge in [0.15, 0.2) is 6.10 Å². The minimum absolute atomic E-state index is 0.117. The molecular formula is C20H23FN4O2. The molecule has 3 heterocycles. The van der Waals surface area contributed by atoms with E-state index in [-0.39, 0.29) is 11.7 Å². The van der Waals surface area contributed by atoms with E-state index in [1.807, 2.05) is 6.20 Å². The number of rotatable bonds is 4. The number of nitrogens with one attached hydrogen (secondary N) is 1. The fourth-order valence-corrected chi connectivity index (χ4v) is 3.64. The number of aromatic nitrogens is 2. The van der Waals surface area contributed by atoms with E-state index >= 15 is 0 Å². The van der Waals surface area contributed by atoms with Crippen molar-refractivity contribution >= 4 is 5.91 Å². The average Bonchev–Trinajstić information content (AvgIpc) is 3.21. The van der Waals surface area contributed by atoms with Gasteiger partial charge in [-0.15, -0.1) is 0 Å². The zero-order chi connectivity index (χ0) is 18.8. The Balaban J connectivity index is 1.41. The van der Waals surface area contributed by atoms with Crippen LogP contribution in [0.4, 0.5) is 4.39 Å². The van der Waals surface area contributed by atoms with Gasteiger partial charge < -0.3 is 15.0 Å². The van der Waals surface area contributed by atoms with Crippen LogP contribution in [-0.4, -0.2) is 46.5 Å². The third-order valence-corrected chi connectivity index (χ3v) is 5.15. The molecule has 0 bridgehead atoms. The number of fused-ring (bicyclic) bond motifs is 1. The number of benzene rings is 1. The van der Waals surface area contributed by atoms with Gasteiger partial charge in [0.25, 0.3) is 5.91 Å². The van der Waals surface area contributed by atoms with Gasteiger partial charge in [0.1, 0.15) is 17.4 Å². The van der Waals surface area contributed by atoms with E-state index < -0.39 is 6.10 Å². The highest BCUT2D eigenvalue weighted by molar-refractivity contribution is 5.81. The number of amides is 1. The van der Waals surface area contributed by atoms with Crippen molar-refractivity contribution in [3.8, 4) is 5.75 Å². The van der Waals surface area contributed by atoms with Crippen LogP contribution in [0.3, 0.4) is 0 Å². The molecule has 0 saturated carbocycles. The largest absolute Gasteiger partial charge is 0.481 e. The molecule has 2 aliphatic rings. The van der Waals surface area contributed by atoms with E-state index in [9.17, 15) is 9.18 Å². The maximum atomic E-state index is 13.3. The molecule has 0 aliphatic carbocycles. The Kier molecular flexibility index (Phi) is 5.03. The summed E-state index contributed by atoms with van der Waals surface area (Å²) >= 11 is 0. The molecule has 1 saturated heterocycles. The molecule has 0 radical (unpaired) electrons. The SMILES string of the molecule is CC(Oc1cccc(F)c1)C(=O)N1CCc2nc(C3CCNC3)ncc2C1. The van der Waals surface area contributed by atoms with Crippen LogP contribution in [0.5, 0.6) is 5.75 Å². The van der Waals surface area contributed by atoms with Crippen LogP contribution >= 0.6 is 0 Å². The standard InChI is InChI=1S/C20H23FN4O2/c1-13(27-17-4-2-3-16(21)9-17)20(26)25-8-6-18-15(12-25)11-23-19(24-18)14-5-7-22-10-14/h2-4,9,11,13-14,22H,5-8,10,12H2,1H3. The highest BCUT2D eigenvalue weighted by atomic mass is 19.1. The normalized spacial score (nSPS) is 20.2.